The van der Waals surface area contributed by atoms with Crippen molar-refractivity contribution in [2.45, 2.75) is 13.5 Å². The molecule has 2 aromatic carbocycles. The Morgan fingerprint density at radius 2 is 1.69 bits per heavy atom. The van der Waals surface area contributed by atoms with Gasteiger partial charge in [-0.3, -0.25) is 15.0 Å². The number of carbonyl (C=O) groups is 2. The first kappa shape index (κ1) is 21.9. The summed E-state index contributed by atoms with van der Waals surface area (Å²) in [4.78, 5) is 34.2. The molecule has 1 aromatic heterocycles. The fraction of sp³-hybridized carbons (Fsp3) is 0.261. The van der Waals surface area contributed by atoms with Gasteiger partial charge >= 0.3 is 6.03 Å². The molecule has 0 atom stereocenters. The van der Waals surface area contributed by atoms with Gasteiger partial charge in [0.15, 0.2) is 5.13 Å². The van der Waals surface area contributed by atoms with Crippen LogP contribution >= 0.6 is 11.3 Å². The number of nitrogens with one attached hydrogen (secondary N) is 2. The first-order chi connectivity index (χ1) is 15.5. The highest BCUT2D eigenvalue weighted by atomic mass is 32.1. The summed E-state index contributed by atoms with van der Waals surface area (Å²) in [7, 11) is 0. The standard InChI is InChI=1S/C23H24FN5O2S/c1-16-20(32-23(25-16)27-22(31)26-19-9-7-18(24)8-10-19)21(30)29-13-11-28(12-14-29)15-17-5-3-2-4-6-17/h2-10H,11-15H2,1H3,(H2,25,26,27,31). The molecule has 0 aliphatic carbocycles. The van der Waals surface area contributed by atoms with Crippen molar-refractivity contribution in [1.82, 2.24) is 14.8 Å². The van der Waals surface area contributed by atoms with Crippen LogP contribution in [0.3, 0.4) is 0 Å². The van der Waals surface area contributed by atoms with Gasteiger partial charge in [-0.15, -0.1) is 0 Å². The molecule has 0 bridgehead atoms. The Balaban J connectivity index is 1.31. The van der Waals surface area contributed by atoms with Gasteiger partial charge in [-0.25, -0.2) is 14.2 Å². The molecular formula is C23H24FN5O2S. The number of piperazine rings is 1. The molecule has 3 amide bonds. The SMILES string of the molecule is Cc1nc(NC(=O)Nc2ccc(F)cc2)sc1C(=O)N1CCN(Cc2ccccc2)CC1. The molecule has 166 valence electrons. The van der Waals surface area contributed by atoms with E-state index in [1.807, 2.05) is 23.1 Å². The highest BCUT2D eigenvalue weighted by Gasteiger charge is 2.25. The van der Waals surface area contributed by atoms with Gasteiger partial charge in [-0.1, -0.05) is 41.7 Å². The predicted octanol–water partition coefficient (Wildman–Crippen LogP) is 4.19. The van der Waals surface area contributed by atoms with E-state index in [2.05, 4.69) is 32.7 Å². The normalized spacial score (nSPS) is 14.2. The van der Waals surface area contributed by atoms with Gasteiger partial charge in [-0.05, 0) is 36.8 Å². The number of hydrogen-bond acceptors (Lipinski definition) is 5. The Morgan fingerprint density at radius 3 is 2.38 bits per heavy atom. The molecule has 1 aliphatic heterocycles. The van der Waals surface area contributed by atoms with Gasteiger partial charge in [0.1, 0.15) is 10.7 Å². The first-order valence-electron chi connectivity index (χ1n) is 10.3. The van der Waals surface area contributed by atoms with E-state index in [4.69, 9.17) is 0 Å². The van der Waals surface area contributed by atoms with E-state index >= 15 is 0 Å². The van der Waals surface area contributed by atoms with E-state index < -0.39 is 6.03 Å². The number of benzene rings is 2. The van der Waals surface area contributed by atoms with Crippen molar-refractivity contribution in [3.05, 3.63) is 76.5 Å². The summed E-state index contributed by atoms with van der Waals surface area (Å²) in [6.07, 6.45) is 0. The van der Waals surface area contributed by atoms with Gasteiger partial charge in [-0.2, -0.15) is 0 Å². The number of nitrogens with zero attached hydrogens (tertiary/aromatic N) is 3. The predicted molar refractivity (Wildman–Crippen MR) is 124 cm³/mol. The van der Waals surface area contributed by atoms with E-state index in [9.17, 15) is 14.0 Å². The van der Waals surface area contributed by atoms with Gasteiger partial charge in [0.25, 0.3) is 5.91 Å². The largest absolute Gasteiger partial charge is 0.335 e. The summed E-state index contributed by atoms with van der Waals surface area (Å²) in [6.45, 7) is 5.55. The highest BCUT2D eigenvalue weighted by molar-refractivity contribution is 7.17. The fourth-order valence-corrected chi connectivity index (χ4v) is 4.46. The third-order valence-corrected chi connectivity index (χ3v) is 6.28. The molecule has 9 heteroatoms. The zero-order valence-electron chi connectivity index (χ0n) is 17.7. The molecule has 32 heavy (non-hydrogen) atoms. The Hall–Kier alpha value is -3.30. The first-order valence-corrected chi connectivity index (χ1v) is 11.2. The number of aromatic nitrogens is 1. The second-order valence-electron chi connectivity index (χ2n) is 7.57. The number of carbonyl (C=O) groups excluding carboxylic acids is 2. The summed E-state index contributed by atoms with van der Waals surface area (Å²) >= 11 is 1.16. The number of urea groups is 1. The molecule has 7 nitrogen and oxygen atoms in total. The van der Waals surface area contributed by atoms with Crippen molar-refractivity contribution in [3.63, 3.8) is 0 Å². The lowest BCUT2D eigenvalue weighted by Gasteiger charge is -2.34. The average Bonchev–Trinajstić information content (AvgIpc) is 3.15. The summed E-state index contributed by atoms with van der Waals surface area (Å²) in [5.41, 5.74) is 2.31. The molecule has 2 N–H and O–H groups in total. The van der Waals surface area contributed by atoms with Crippen LogP contribution in [0.1, 0.15) is 20.9 Å². The number of hydrogen-bond donors (Lipinski definition) is 2. The van der Waals surface area contributed by atoms with Crippen molar-refractivity contribution in [2.24, 2.45) is 0 Å². The average molecular weight is 454 g/mol. The van der Waals surface area contributed by atoms with Gasteiger partial charge < -0.3 is 10.2 Å². The van der Waals surface area contributed by atoms with Crippen LogP contribution in [0.4, 0.5) is 20.0 Å². The minimum atomic E-state index is -0.501. The van der Waals surface area contributed by atoms with E-state index in [0.717, 1.165) is 31.0 Å². The van der Waals surface area contributed by atoms with Crippen LogP contribution in [0, 0.1) is 12.7 Å². The number of halogens is 1. The summed E-state index contributed by atoms with van der Waals surface area (Å²) < 4.78 is 13.0. The number of thiazole rings is 1. The van der Waals surface area contributed by atoms with Gasteiger partial charge in [0.2, 0.25) is 0 Å². The molecule has 4 rings (SSSR count). The van der Waals surface area contributed by atoms with E-state index in [1.165, 1.54) is 29.8 Å². The monoisotopic (exact) mass is 453 g/mol. The number of anilines is 2. The Bertz CT molecular complexity index is 1080. The lowest BCUT2D eigenvalue weighted by molar-refractivity contribution is 0.0632. The minimum Gasteiger partial charge on any atom is -0.335 e. The molecule has 1 saturated heterocycles. The molecule has 1 aliphatic rings. The molecular weight excluding hydrogens is 429 g/mol. The van der Waals surface area contributed by atoms with Crippen molar-refractivity contribution in [2.75, 3.05) is 36.8 Å². The Kier molecular flexibility index (Phi) is 6.77. The van der Waals surface area contributed by atoms with Gasteiger partial charge in [0, 0.05) is 38.4 Å². The number of amides is 3. The quantitative estimate of drug-likeness (QED) is 0.607. The Morgan fingerprint density at radius 1 is 1.00 bits per heavy atom. The zero-order chi connectivity index (χ0) is 22.5. The van der Waals surface area contributed by atoms with E-state index in [0.29, 0.717) is 34.5 Å². The zero-order valence-corrected chi connectivity index (χ0v) is 18.5. The lowest BCUT2D eigenvalue weighted by Crippen LogP contribution is -2.48. The van der Waals surface area contributed by atoms with Crippen LogP contribution in [0.2, 0.25) is 0 Å². The highest BCUT2D eigenvalue weighted by Crippen LogP contribution is 2.25. The van der Waals surface area contributed by atoms with Crippen LogP contribution < -0.4 is 10.6 Å². The third kappa shape index (κ3) is 5.49. The summed E-state index contributed by atoms with van der Waals surface area (Å²) in [6, 6.07) is 15.3. The summed E-state index contributed by atoms with van der Waals surface area (Å²) in [5, 5.41) is 5.60. The molecule has 0 radical (unpaired) electrons. The Labute approximate surface area is 189 Å². The van der Waals surface area contributed by atoms with Crippen LogP contribution in [-0.2, 0) is 6.54 Å². The van der Waals surface area contributed by atoms with E-state index in [1.54, 1.807) is 6.92 Å². The lowest BCUT2D eigenvalue weighted by atomic mass is 10.2. The van der Waals surface area contributed by atoms with Crippen LogP contribution in [0.5, 0.6) is 0 Å². The molecule has 2 heterocycles. The van der Waals surface area contributed by atoms with Crippen molar-refractivity contribution in [1.29, 1.82) is 0 Å². The third-order valence-electron chi connectivity index (χ3n) is 5.22. The van der Waals surface area contributed by atoms with E-state index in [-0.39, 0.29) is 11.7 Å². The maximum atomic E-state index is 13.0. The number of rotatable bonds is 5. The van der Waals surface area contributed by atoms with Crippen LogP contribution in [0.25, 0.3) is 0 Å². The fourth-order valence-electron chi connectivity index (χ4n) is 3.54. The van der Waals surface area contributed by atoms with Crippen LogP contribution in [-0.4, -0.2) is 52.9 Å². The van der Waals surface area contributed by atoms with Crippen molar-refractivity contribution < 1.29 is 14.0 Å². The topological polar surface area (TPSA) is 77.6 Å². The minimum absolute atomic E-state index is 0.0636. The maximum absolute atomic E-state index is 13.0. The number of aryl methyl sites for hydroxylation is 1. The molecule has 1 fully saturated rings. The second-order valence-corrected chi connectivity index (χ2v) is 8.57. The molecule has 0 unspecified atom stereocenters. The van der Waals surface area contributed by atoms with Crippen LogP contribution in [0.15, 0.2) is 54.6 Å². The second kappa shape index (κ2) is 9.88. The van der Waals surface area contributed by atoms with Gasteiger partial charge in [0.05, 0.1) is 5.69 Å². The maximum Gasteiger partial charge on any atom is 0.325 e. The smallest absolute Gasteiger partial charge is 0.325 e. The summed E-state index contributed by atoms with van der Waals surface area (Å²) in [5.74, 6) is -0.443. The van der Waals surface area contributed by atoms with Crippen molar-refractivity contribution in [3.8, 4) is 0 Å². The molecule has 0 spiro atoms. The van der Waals surface area contributed by atoms with Crippen molar-refractivity contribution >= 4 is 34.1 Å². The molecule has 3 aromatic rings. The molecule has 0 saturated carbocycles.